The molecule has 0 aliphatic carbocycles. The van der Waals surface area contributed by atoms with Crippen LogP contribution >= 0.6 is 23.2 Å². The molecule has 1 atom stereocenters. The van der Waals surface area contributed by atoms with Crippen LogP contribution in [0.1, 0.15) is 29.7 Å². The molecule has 0 saturated carbocycles. The minimum atomic E-state index is -1.07. The van der Waals surface area contributed by atoms with Crippen LogP contribution in [0.25, 0.3) is 5.76 Å². The number of hydrogen-bond donors (Lipinski definition) is 1. The molecule has 1 fully saturated rings. The maximum Gasteiger partial charge on any atom is 0.295 e. The highest BCUT2D eigenvalue weighted by Crippen LogP contribution is 2.48. The third-order valence-electron chi connectivity index (χ3n) is 6.40. The molecule has 1 amide bonds. The van der Waals surface area contributed by atoms with Crippen LogP contribution in [0, 0.1) is 5.82 Å². The number of ether oxygens (including phenoxy) is 4. The molecule has 0 spiro atoms. The lowest BCUT2D eigenvalue weighted by Gasteiger charge is -2.26. The maximum absolute atomic E-state index is 13.6. The lowest BCUT2D eigenvalue weighted by Crippen LogP contribution is -2.29. The number of methoxy groups -OCH3 is 3. The van der Waals surface area contributed by atoms with Crippen LogP contribution in [-0.4, -0.2) is 49.6 Å². The minimum absolute atomic E-state index is 0.00589. The average Bonchev–Trinajstić information content (AvgIpc) is 3.19. The van der Waals surface area contributed by atoms with Crippen LogP contribution in [0.5, 0.6) is 23.0 Å². The highest BCUT2D eigenvalue weighted by Gasteiger charge is 2.46. The molecule has 0 bridgehead atoms. The van der Waals surface area contributed by atoms with Gasteiger partial charge in [0, 0.05) is 6.54 Å². The Bertz CT molecular complexity index is 1490. The van der Waals surface area contributed by atoms with Crippen LogP contribution in [0.15, 0.2) is 54.1 Å². The smallest absolute Gasteiger partial charge is 0.295 e. The molecule has 1 aliphatic rings. The monoisotopic (exact) mass is 589 g/mol. The third kappa shape index (κ3) is 5.26. The Morgan fingerprint density at radius 2 is 1.62 bits per heavy atom. The number of aliphatic hydroxyl groups excluding tert-OH is 1. The summed E-state index contributed by atoms with van der Waals surface area (Å²) in [6, 6.07) is 10.7. The molecule has 1 saturated heterocycles. The van der Waals surface area contributed by atoms with Crippen molar-refractivity contribution in [2.45, 2.75) is 19.5 Å². The van der Waals surface area contributed by atoms with Gasteiger partial charge in [-0.15, -0.1) is 0 Å². The van der Waals surface area contributed by atoms with E-state index in [2.05, 4.69) is 0 Å². The number of nitrogens with zero attached hydrogens (tertiary/aromatic N) is 1. The molecular formula is C29H26Cl2FNO7. The van der Waals surface area contributed by atoms with Crippen molar-refractivity contribution in [3.05, 3.63) is 86.7 Å². The molecule has 0 radical (unpaired) electrons. The molecule has 8 nitrogen and oxygen atoms in total. The molecule has 3 aromatic carbocycles. The number of carbonyl (C=O) groups excluding carboxylic acids is 2. The summed E-state index contributed by atoms with van der Waals surface area (Å²) in [5.74, 6) is -1.88. The second-order valence-electron chi connectivity index (χ2n) is 8.68. The molecule has 0 aromatic heterocycles. The first-order valence-corrected chi connectivity index (χ1v) is 12.9. The Morgan fingerprint density at radius 1 is 0.950 bits per heavy atom. The molecule has 1 N–H and O–H groups in total. The van der Waals surface area contributed by atoms with E-state index in [-0.39, 0.29) is 39.2 Å². The van der Waals surface area contributed by atoms with Gasteiger partial charge in [0.2, 0.25) is 0 Å². The van der Waals surface area contributed by atoms with Gasteiger partial charge in [-0.25, -0.2) is 4.39 Å². The molecule has 3 aromatic rings. The molecule has 1 unspecified atom stereocenters. The van der Waals surface area contributed by atoms with Gasteiger partial charge in [0.15, 0.2) is 23.0 Å². The topological polar surface area (TPSA) is 94.5 Å². The Morgan fingerprint density at radius 3 is 2.23 bits per heavy atom. The summed E-state index contributed by atoms with van der Waals surface area (Å²) in [4.78, 5) is 28.2. The number of benzene rings is 3. The molecule has 210 valence electrons. The number of likely N-dealkylation sites (tertiary alicyclic amines) is 1. The normalized spacial score (nSPS) is 16.3. The number of hydrogen-bond acceptors (Lipinski definition) is 7. The van der Waals surface area contributed by atoms with Crippen LogP contribution in [0.3, 0.4) is 0 Å². The van der Waals surface area contributed by atoms with Gasteiger partial charge in [-0.3, -0.25) is 9.59 Å². The lowest BCUT2D eigenvalue weighted by atomic mass is 9.94. The summed E-state index contributed by atoms with van der Waals surface area (Å²) in [6.07, 6.45) is 0. The molecule has 4 rings (SSSR count). The number of halogens is 3. The van der Waals surface area contributed by atoms with Gasteiger partial charge in [0.05, 0.1) is 50.1 Å². The van der Waals surface area contributed by atoms with Gasteiger partial charge in [0.1, 0.15) is 16.6 Å². The van der Waals surface area contributed by atoms with Crippen molar-refractivity contribution in [1.82, 2.24) is 4.90 Å². The zero-order valence-corrected chi connectivity index (χ0v) is 23.6. The average molecular weight is 590 g/mol. The second-order valence-corrected chi connectivity index (χ2v) is 9.47. The van der Waals surface area contributed by atoms with Crippen LogP contribution in [-0.2, 0) is 16.1 Å². The molecule has 1 aliphatic heterocycles. The van der Waals surface area contributed by atoms with E-state index in [1.165, 1.54) is 56.6 Å². The Balaban J connectivity index is 1.97. The van der Waals surface area contributed by atoms with Crippen molar-refractivity contribution in [3.63, 3.8) is 0 Å². The van der Waals surface area contributed by atoms with Gasteiger partial charge in [-0.1, -0.05) is 41.4 Å². The summed E-state index contributed by atoms with van der Waals surface area (Å²) < 4.78 is 35.3. The summed E-state index contributed by atoms with van der Waals surface area (Å²) in [6.45, 7) is 2.08. The fourth-order valence-corrected chi connectivity index (χ4v) is 5.29. The maximum atomic E-state index is 13.6. The number of amides is 1. The fourth-order valence-electron chi connectivity index (χ4n) is 4.60. The Kier molecular flexibility index (Phi) is 8.76. The van der Waals surface area contributed by atoms with E-state index in [1.807, 2.05) is 0 Å². The number of Topliss-reactive ketones (excluding diaryl/α,β-unsaturated/α-hetero) is 1. The van der Waals surface area contributed by atoms with Crippen LogP contribution in [0.4, 0.5) is 4.39 Å². The van der Waals surface area contributed by atoms with Crippen molar-refractivity contribution < 1.29 is 38.0 Å². The predicted octanol–water partition coefficient (Wildman–Crippen LogP) is 6.18. The highest BCUT2D eigenvalue weighted by atomic mass is 35.5. The van der Waals surface area contributed by atoms with Gasteiger partial charge in [-0.2, -0.15) is 0 Å². The van der Waals surface area contributed by atoms with Gasteiger partial charge in [0.25, 0.3) is 11.7 Å². The minimum Gasteiger partial charge on any atom is -0.507 e. The van der Waals surface area contributed by atoms with Crippen molar-refractivity contribution in [2.24, 2.45) is 0 Å². The standard InChI is InChI=1S/C29H26Cl2FNO7/c1-5-40-21-12-16(8-11-20(21)37-2)24-22(25(34)18-13-19(30)28(39-4)23(31)27(18)38-3)26(35)29(36)33(24)14-15-6-9-17(32)10-7-15/h6-13,24,34H,5,14H2,1-4H3/b25-22+. The van der Waals surface area contributed by atoms with E-state index in [0.29, 0.717) is 29.2 Å². The Labute approximate surface area is 240 Å². The van der Waals surface area contributed by atoms with Crippen molar-refractivity contribution >= 4 is 40.7 Å². The second kappa shape index (κ2) is 12.1. The molecule has 40 heavy (non-hydrogen) atoms. The van der Waals surface area contributed by atoms with E-state index < -0.39 is 29.3 Å². The summed E-state index contributed by atoms with van der Waals surface area (Å²) in [7, 11) is 4.18. The Hall–Kier alpha value is -3.95. The van der Waals surface area contributed by atoms with Crippen molar-refractivity contribution in [1.29, 1.82) is 0 Å². The lowest BCUT2D eigenvalue weighted by molar-refractivity contribution is -0.140. The first-order valence-electron chi connectivity index (χ1n) is 12.1. The first-order chi connectivity index (χ1) is 19.2. The van der Waals surface area contributed by atoms with E-state index in [9.17, 15) is 19.1 Å². The van der Waals surface area contributed by atoms with E-state index in [4.69, 9.17) is 42.1 Å². The van der Waals surface area contributed by atoms with E-state index >= 15 is 0 Å². The molecule has 11 heteroatoms. The van der Waals surface area contributed by atoms with Gasteiger partial charge in [-0.05, 0) is 48.4 Å². The SMILES string of the molecule is CCOc1cc(C2/C(=C(\O)c3cc(Cl)c(OC)c(Cl)c3OC)C(=O)C(=O)N2Cc2ccc(F)cc2)ccc1OC. The number of ketones is 1. The fraction of sp³-hybridized carbons (Fsp3) is 0.241. The summed E-state index contributed by atoms with van der Waals surface area (Å²) >= 11 is 12.8. The largest absolute Gasteiger partial charge is 0.507 e. The first kappa shape index (κ1) is 29.0. The predicted molar refractivity (Wildman–Crippen MR) is 148 cm³/mol. The number of rotatable bonds is 9. The zero-order valence-electron chi connectivity index (χ0n) is 22.1. The summed E-state index contributed by atoms with van der Waals surface area (Å²) in [5, 5.41) is 11.6. The highest BCUT2D eigenvalue weighted by molar-refractivity contribution is 6.47. The quantitative estimate of drug-likeness (QED) is 0.181. The van der Waals surface area contributed by atoms with Crippen LogP contribution in [0.2, 0.25) is 10.0 Å². The number of aliphatic hydroxyl groups is 1. The van der Waals surface area contributed by atoms with E-state index in [1.54, 1.807) is 25.1 Å². The van der Waals surface area contributed by atoms with Crippen LogP contribution < -0.4 is 18.9 Å². The number of carbonyl (C=O) groups is 2. The van der Waals surface area contributed by atoms with Gasteiger partial charge < -0.3 is 29.0 Å². The van der Waals surface area contributed by atoms with Crippen molar-refractivity contribution in [3.8, 4) is 23.0 Å². The third-order valence-corrected chi connectivity index (χ3v) is 7.03. The zero-order chi connectivity index (χ0) is 29.1. The molecule has 1 heterocycles. The van der Waals surface area contributed by atoms with Gasteiger partial charge >= 0.3 is 0 Å². The summed E-state index contributed by atoms with van der Waals surface area (Å²) in [5.41, 5.74) is 0.786. The molecular weight excluding hydrogens is 564 g/mol. The van der Waals surface area contributed by atoms with E-state index in [0.717, 1.165) is 0 Å². The van der Waals surface area contributed by atoms with Crippen molar-refractivity contribution in [2.75, 3.05) is 27.9 Å².